The number of hydrogen-bond donors (Lipinski definition) is 0. The SMILES string of the molecule is CC[Si](/C=C/c1ccc(F)cc1)(CC)CC. The highest BCUT2D eigenvalue weighted by molar-refractivity contribution is 6.84. The van der Waals surface area contributed by atoms with Crippen LogP contribution in [0, 0.1) is 5.82 Å². The first-order valence-corrected chi connectivity index (χ1v) is 8.80. The van der Waals surface area contributed by atoms with E-state index in [-0.39, 0.29) is 5.82 Å². The van der Waals surface area contributed by atoms with Crippen LogP contribution in [0.25, 0.3) is 6.08 Å². The fraction of sp³-hybridized carbons (Fsp3) is 0.429. The first-order valence-electron chi connectivity index (χ1n) is 6.10. The molecule has 0 aliphatic rings. The number of rotatable bonds is 5. The lowest BCUT2D eigenvalue weighted by Crippen LogP contribution is -2.28. The fourth-order valence-electron chi connectivity index (χ4n) is 1.95. The zero-order valence-corrected chi connectivity index (χ0v) is 11.5. The van der Waals surface area contributed by atoms with Crippen molar-refractivity contribution in [2.45, 2.75) is 38.9 Å². The molecule has 0 fully saturated rings. The molecule has 0 spiro atoms. The highest BCUT2D eigenvalue weighted by Gasteiger charge is 2.22. The summed E-state index contributed by atoms with van der Waals surface area (Å²) in [6.07, 6.45) is 2.17. The molecule has 0 aliphatic carbocycles. The van der Waals surface area contributed by atoms with E-state index in [1.165, 1.54) is 30.3 Å². The Morgan fingerprint density at radius 3 is 1.94 bits per heavy atom. The highest BCUT2D eigenvalue weighted by Crippen LogP contribution is 2.22. The number of halogens is 1. The van der Waals surface area contributed by atoms with Crippen LogP contribution < -0.4 is 0 Å². The maximum absolute atomic E-state index is 12.7. The molecule has 0 saturated carbocycles. The molecule has 2 heteroatoms. The second kappa shape index (κ2) is 5.99. The lowest BCUT2D eigenvalue weighted by atomic mass is 10.2. The third-order valence-electron chi connectivity index (χ3n) is 3.61. The lowest BCUT2D eigenvalue weighted by Gasteiger charge is -2.23. The predicted molar refractivity (Wildman–Crippen MR) is 72.6 cm³/mol. The molecule has 16 heavy (non-hydrogen) atoms. The largest absolute Gasteiger partial charge is 0.207 e. The van der Waals surface area contributed by atoms with E-state index in [0.717, 1.165) is 5.56 Å². The van der Waals surface area contributed by atoms with Crippen molar-refractivity contribution < 1.29 is 4.39 Å². The van der Waals surface area contributed by atoms with Crippen LogP contribution in [-0.4, -0.2) is 8.07 Å². The molecule has 1 aromatic rings. The molecule has 0 bridgehead atoms. The van der Waals surface area contributed by atoms with Gasteiger partial charge in [-0.2, -0.15) is 0 Å². The Morgan fingerprint density at radius 2 is 1.50 bits per heavy atom. The van der Waals surface area contributed by atoms with Gasteiger partial charge in [0, 0.05) is 0 Å². The minimum absolute atomic E-state index is 0.165. The Morgan fingerprint density at radius 1 is 1.00 bits per heavy atom. The van der Waals surface area contributed by atoms with Gasteiger partial charge in [-0.1, -0.05) is 62.8 Å². The molecule has 0 aromatic heterocycles. The standard InChI is InChI=1S/C14H21FSi/c1-4-16(5-2,6-3)12-11-13-7-9-14(15)10-8-13/h7-12H,4-6H2,1-3H3/b12-11+. The van der Waals surface area contributed by atoms with Gasteiger partial charge in [0.1, 0.15) is 5.82 Å². The fourth-order valence-corrected chi connectivity index (χ4v) is 4.70. The van der Waals surface area contributed by atoms with Crippen LogP contribution in [0.15, 0.2) is 30.0 Å². The third kappa shape index (κ3) is 3.31. The molecule has 0 aliphatic heterocycles. The zero-order chi connectivity index (χ0) is 12.0. The van der Waals surface area contributed by atoms with E-state index in [4.69, 9.17) is 0 Å². The molecule has 0 heterocycles. The molecule has 88 valence electrons. The van der Waals surface area contributed by atoms with Gasteiger partial charge in [-0.3, -0.25) is 0 Å². The van der Waals surface area contributed by atoms with Gasteiger partial charge in [-0.25, -0.2) is 4.39 Å². The molecule has 0 nitrogen and oxygen atoms in total. The van der Waals surface area contributed by atoms with E-state index in [1.807, 2.05) is 12.1 Å². The summed E-state index contributed by atoms with van der Waals surface area (Å²) in [5.74, 6) is -0.165. The van der Waals surface area contributed by atoms with Gasteiger partial charge in [0.15, 0.2) is 0 Å². The van der Waals surface area contributed by atoms with Gasteiger partial charge in [0.25, 0.3) is 0 Å². The van der Waals surface area contributed by atoms with E-state index in [1.54, 1.807) is 0 Å². The zero-order valence-electron chi connectivity index (χ0n) is 10.5. The van der Waals surface area contributed by atoms with Crippen molar-refractivity contribution in [3.63, 3.8) is 0 Å². The molecule has 0 amide bonds. The van der Waals surface area contributed by atoms with Crippen LogP contribution in [0.1, 0.15) is 26.3 Å². The van der Waals surface area contributed by atoms with Crippen molar-refractivity contribution in [1.29, 1.82) is 0 Å². The van der Waals surface area contributed by atoms with E-state index in [0.29, 0.717) is 0 Å². The highest BCUT2D eigenvalue weighted by atomic mass is 28.3. The molecule has 0 unspecified atom stereocenters. The lowest BCUT2D eigenvalue weighted by molar-refractivity contribution is 0.628. The van der Waals surface area contributed by atoms with Crippen molar-refractivity contribution in [2.24, 2.45) is 0 Å². The summed E-state index contributed by atoms with van der Waals surface area (Å²) in [4.78, 5) is 0. The van der Waals surface area contributed by atoms with Gasteiger partial charge >= 0.3 is 0 Å². The van der Waals surface area contributed by atoms with Crippen molar-refractivity contribution in [3.05, 3.63) is 41.3 Å². The second-order valence-corrected chi connectivity index (χ2v) is 9.49. The Labute approximate surface area is 99.2 Å². The molecule has 0 radical (unpaired) electrons. The molecular formula is C14H21FSi. The summed E-state index contributed by atoms with van der Waals surface area (Å²) >= 11 is 0. The average molecular weight is 236 g/mol. The van der Waals surface area contributed by atoms with Crippen LogP contribution in [0.2, 0.25) is 18.1 Å². The summed E-state index contributed by atoms with van der Waals surface area (Å²) in [7, 11) is -1.19. The number of hydrogen-bond acceptors (Lipinski definition) is 0. The topological polar surface area (TPSA) is 0 Å². The first-order chi connectivity index (χ1) is 7.65. The summed E-state index contributed by atoms with van der Waals surface area (Å²) in [5.41, 5.74) is 3.52. The molecule has 1 aromatic carbocycles. The normalized spacial score (nSPS) is 12.2. The minimum atomic E-state index is -1.19. The van der Waals surface area contributed by atoms with E-state index < -0.39 is 8.07 Å². The number of benzene rings is 1. The van der Waals surface area contributed by atoms with Gasteiger partial charge in [0.2, 0.25) is 0 Å². The molecule has 1 rings (SSSR count). The second-order valence-electron chi connectivity index (χ2n) is 4.31. The van der Waals surface area contributed by atoms with Crippen molar-refractivity contribution in [1.82, 2.24) is 0 Å². The summed E-state index contributed by atoms with van der Waals surface area (Å²) in [5, 5.41) is 0. The Bertz CT molecular complexity index is 328. The average Bonchev–Trinajstić information content (AvgIpc) is 2.34. The van der Waals surface area contributed by atoms with Crippen LogP contribution in [0.3, 0.4) is 0 Å². The van der Waals surface area contributed by atoms with Crippen LogP contribution >= 0.6 is 0 Å². The monoisotopic (exact) mass is 236 g/mol. The van der Waals surface area contributed by atoms with Gasteiger partial charge in [-0.15, -0.1) is 0 Å². The van der Waals surface area contributed by atoms with Gasteiger partial charge in [0.05, 0.1) is 8.07 Å². The third-order valence-corrected chi connectivity index (χ3v) is 8.71. The maximum Gasteiger partial charge on any atom is 0.123 e. The van der Waals surface area contributed by atoms with Gasteiger partial charge in [-0.05, 0) is 17.7 Å². The molecule has 0 saturated heterocycles. The van der Waals surface area contributed by atoms with E-state index in [2.05, 4.69) is 32.5 Å². The Balaban J connectivity index is 2.82. The summed E-state index contributed by atoms with van der Waals surface area (Å²) in [6.45, 7) is 6.86. The minimum Gasteiger partial charge on any atom is -0.207 e. The van der Waals surface area contributed by atoms with Crippen LogP contribution in [0.5, 0.6) is 0 Å². The van der Waals surface area contributed by atoms with Crippen molar-refractivity contribution in [3.8, 4) is 0 Å². The van der Waals surface area contributed by atoms with Crippen LogP contribution in [-0.2, 0) is 0 Å². The Hall–Kier alpha value is -0.893. The molecular weight excluding hydrogens is 215 g/mol. The predicted octanol–water partition coefficient (Wildman–Crippen LogP) is 4.89. The molecule has 0 atom stereocenters. The van der Waals surface area contributed by atoms with E-state index >= 15 is 0 Å². The van der Waals surface area contributed by atoms with E-state index in [9.17, 15) is 4.39 Å². The van der Waals surface area contributed by atoms with Crippen molar-refractivity contribution >= 4 is 14.1 Å². The summed E-state index contributed by atoms with van der Waals surface area (Å²) in [6, 6.07) is 10.6. The van der Waals surface area contributed by atoms with Crippen molar-refractivity contribution in [2.75, 3.05) is 0 Å². The Kier molecular flexibility index (Phi) is 4.94. The summed E-state index contributed by atoms with van der Waals surface area (Å²) < 4.78 is 12.7. The molecule has 0 N–H and O–H groups in total. The van der Waals surface area contributed by atoms with Gasteiger partial charge < -0.3 is 0 Å². The first kappa shape index (κ1) is 13.2. The smallest absolute Gasteiger partial charge is 0.123 e. The maximum atomic E-state index is 12.7. The van der Waals surface area contributed by atoms with Crippen LogP contribution in [0.4, 0.5) is 4.39 Å². The quantitative estimate of drug-likeness (QED) is 0.639.